The molecule has 2 rings (SSSR count). The number of amides is 2. The molecule has 1 aromatic carbocycles. The van der Waals surface area contributed by atoms with E-state index < -0.39 is 0 Å². The first-order valence-electron chi connectivity index (χ1n) is 6.12. The van der Waals surface area contributed by atoms with Gasteiger partial charge in [-0.3, -0.25) is 9.59 Å². The number of hydrogen-bond acceptors (Lipinski definition) is 3. The van der Waals surface area contributed by atoms with Crippen LogP contribution in [-0.4, -0.2) is 31.5 Å². The minimum atomic E-state index is -0.340. The second kappa shape index (κ2) is 5.67. The zero-order chi connectivity index (χ0) is 13.8. The van der Waals surface area contributed by atoms with Crippen LogP contribution in [0.4, 0.5) is 5.69 Å². The maximum Gasteiger partial charge on any atom is 0.292 e. The molecule has 1 saturated heterocycles. The maximum absolute atomic E-state index is 12.2. The molecule has 0 spiro atoms. The summed E-state index contributed by atoms with van der Waals surface area (Å²) < 4.78 is 5.05. The Morgan fingerprint density at radius 2 is 2.11 bits per heavy atom. The van der Waals surface area contributed by atoms with Gasteiger partial charge in [0.1, 0.15) is 5.75 Å². The minimum absolute atomic E-state index is 0.166. The van der Waals surface area contributed by atoms with Crippen molar-refractivity contribution >= 4 is 17.5 Å². The lowest BCUT2D eigenvalue weighted by Crippen LogP contribution is -2.91. The van der Waals surface area contributed by atoms with Gasteiger partial charge in [0.2, 0.25) is 5.91 Å². The van der Waals surface area contributed by atoms with Gasteiger partial charge in [-0.2, -0.15) is 0 Å². The van der Waals surface area contributed by atoms with E-state index in [4.69, 9.17) is 4.74 Å². The van der Waals surface area contributed by atoms with E-state index in [1.807, 2.05) is 5.32 Å². The predicted octanol–water partition coefficient (Wildman–Crippen LogP) is 0.0765. The van der Waals surface area contributed by atoms with E-state index in [2.05, 4.69) is 6.58 Å². The van der Waals surface area contributed by atoms with Crippen LogP contribution in [0.1, 0.15) is 6.42 Å². The lowest BCUT2D eigenvalue weighted by atomic mass is 10.2. The third-order valence-electron chi connectivity index (χ3n) is 3.10. The fourth-order valence-corrected chi connectivity index (χ4v) is 2.10. The van der Waals surface area contributed by atoms with E-state index >= 15 is 0 Å². The Kier molecular flexibility index (Phi) is 3.97. The number of carbonyl (C=O) groups excluding carboxylic acids is 2. The van der Waals surface area contributed by atoms with Gasteiger partial charge < -0.3 is 10.1 Å². The van der Waals surface area contributed by atoms with Crippen molar-refractivity contribution in [1.29, 1.82) is 0 Å². The number of nitrogens with two attached hydrogens (primary N) is 1. The number of anilines is 1. The summed E-state index contributed by atoms with van der Waals surface area (Å²) >= 11 is 0. The second-order valence-electron chi connectivity index (χ2n) is 4.34. The Morgan fingerprint density at radius 3 is 2.68 bits per heavy atom. The Bertz CT molecular complexity index is 496. The van der Waals surface area contributed by atoms with Crippen LogP contribution in [0.5, 0.6) is 5.75 Å². The number of nitrogens with zero attached hydrogens (tertiary/aromatic N) is 1. The summed E-state index contributed by atoms with van der Waals surface area (Å²) in [5.41, 5.74) is 0.588. The average molecular weight is 261 g/mol. The number of benzene rings is 1. The van der Waals surface area contributed by atoms with Crippen LogP contribution in [0.2, 0.25) is 0 Å². The highest BCUT2D eigenvalue weighted by molar-refractivity contribution is 6.21. The van der Waals surface area contributed by atoms with Gasteiger partial charge in [0.05, 0.1) is 25.8 Å². The standard InChI is InChI=1S/C14H16N2O3/c1-3-8-15-12-9-13(17)16(14(12)18)10-4-6-11(19-2)7-5-10/h3-7,12,15H,1,8-9H2,2H3/p+1/t12-/m0/s1. The van der Waals surface area contributed by atoms with E-state index in [0.717, 1.165) is 0 Å². The van der Waals surface area contributed by atoms with Gasteiger partial charge in [0.15, 0.2) is 6.04 Å². The molecule has 2 N–H and O–H groups in total. The van der Waals surface area contributed by atoms with Crippen molar-refractivity contribution < 1.29 is 19.6 Å². The number of imide groups is 1. The summed E-state index contributed by atoms with van der Waals surface area (Å²) in [5.74, 6) is 0.357. The molecule has 5 heteroatoms. The van der Waals surface area contributed by atoms with Gasteiger partial charge in [-0.05, 0) is 30.3 Å². The summed E-state index contributed by atoms with van der Waals surface area (Å²) in [6.45, 7) is 4.23. The summed E-state index contributed by atoms with van der Waals surface area (Å²) in [4.78, 5) is 25.4. The van der Waals surface area contributed by atoms with Crippen molar-refractivity contribution in [2.45, 2.75) is 12.5 Å². The number of rotatable bonds is 5. The van der Waals surface area contributed by atoms with Gasteiger partial charge >= 0.3 is 0 Å². The smallest absolute Gasteiger partial charge is 0.292 e. The van der Waals surface area contributed by atoms with Crippen molar-refractivity contribution in [3.8, 4) is 5.75 Å². The van der Waals surface area contributed by atoms with E-state index in [0.29, 0.717) is 18.0 Å². The molecule has 1 atom stereocenters. The zero-order valence-corrected chi connectivity index (χ0v) is 10.8. The highest BCUT2D eigenvalue weighted by Crippen LogP contribution is 2.24. The van der Waals surface area contributed by atoms with Crippen LogP contribution in [0.15, 0.2) is 36.9 Å². The Hall–Kier alpha value is -2.14. The molecular weight excluding hydrogens is 244 g/mol. The van der Waals surface area contributed by atoms with Crippen molar-refractivity contribution in [2.75, 3.05) is 18.6 Å². The normalized spacial score (nSPS) is 18.8. The maximum atomic E-state index is 12.2. The van der Waals surface area contributed by atoms with Crippen LogP contribution in [-0.2, 0) is 9.59 Å². The van der Waals surface area contributed by atoms with Crippen LogP contribution >= 0.6 is 0 Å². The summed E-state index contributed by atoms with van der Waals surface area (Å²) in [5, 5.41) is 1.83. The fourth-order valence-electron chi connectivity index (χ4n) is 2.10. The molecule has 1 fully saturated rings. The first kappa shape index (κ1) is 13.3. The van der Waals surface area contributed by atoms with Crippen molar-refractivity contribution in [2.24, 2.45) is 0 Å². The molecule has 1 aliphatic rings. The zero-order valence-electron chi connectivity index (χ0n) is 10.8. The van der Waals surface area contributed by atoms with E-state index in [1.165, 1.54) is 4.90 Å². The number of ether oxygens (including phenoxy) is 1. The topological polar surface area (TPSA) is 63.2 Å². The third-order valence-corrected chi connectivity index (χ3v) is 3.10. The number of quaternary nitrogens is 1. The summed E-state index contributed by atoms with van der Waals surface area (Å²) in [6, 6.07) is 6.55. The molecule has 0 aliphatic carbocycles. The Labute approximate surface area is 111 Å². The first-order valence-corrected chi connectivity index (χ1v) is 6.12. The summed E-state index contributed by atoms with van der Waals surface area (Å²) in [6.07, 6.45) is 1.95. The monoisotopic (exact) mass is 261 g/mol. The lowest BCUT2D eigenvalue weighted by Gasteiger charge is -2.14. The average Bonchev–Trinajstić information content (AvgIpc) is 2.71. The molecule has 1 aliphatic heterocycles. The highest BCUT2D eigenvalue weighted by Gasteiger charge is 2.41. The quantitative estimate of drug-likeness (QED) is 0.603. The first-order chi connectivity index (χ1) is 9.17. The largest absolute Gasteiger partial charge is 0.497 e. The van der Waals surface area contributed by atoms with E-state index in [-0.39, 0.29) is 24.3 Å². The van der Waals surface area contributed by atoms with Gasteiger partial charge in [0, 0.05) is 0 Å². The molecule has 0 radical (unpaired) electrons. The van der Waals surface area contributed by atoms with Gasteiger partial charge in [-0.15, -0.1) is 0 Å². The van der Waals surface area contributed by atoms with Crippen LogP contribution in [0.3, 0.4) is 0 Å². The number of methoxy groups -OCH3 is 1. The van der Waals surface area contributed by atoms with Crippen LogP contribution in [0, 0.1) is 0 Å². The van der Waals surface area contributed by atoms with E-state index in [1.54, 1.807) is 37.5 Å². The van der Waals surface area contributed by atoms with Crippen molar-refractivity contribution in [3.05, 3.63) is 36.9 Å². The lowest BCUT2D eigenvalue weighted by molar-refractivity contribution is -0.666. The van der Waals surface area contributed by atoms with Crippen LogP contribution < -0.4 is 15.0 Å². The summed E-state index contributed by atoms with van der Waals surface area (Å²) in [7, 11) is 1.57. The van der Waals surface area contributed by atoms with E-state index in [9.17, 15) is 9.59 Å². The molecule has 0 aromatic heterocycles. The number of carbonyl (C=O) groups is 2. The van der Waals surface area contributed by atoms with Gasteiger partial charge in [-0.1, -0.05) is 6.58 Å². The fraction of sp³-hybridized carbons (Fsp3) is 0.286. The Balaban J connectivity index is 2.17. The third kappa shape index (κ3) is 2.66. The van der Waals surface area contributed by atoms with Crippen LogP contribution in [0.25, 0.3) is 0 Å². The molecular formula is C14H17N2O3+. The molecule has 5 nitrogen and oxygen atoms in total. The van der Waals surface area contributed by atoms with Gasteiger partial charge in [-0.25, -0.2) is 4.90 Å². The minimum Gasteiger partial charge on any atom is -0.497 e. The SMILES string of the molecule is C=CC[NH2+][C@H]1CC(=O)N(c2ccc(OC)cc2)C1=O. The number of hydrogen-bond donors (Lipinski definition) is 1. The molecule has 0 saturated carbocycles. The predicted molar refractivity (Wildman–Crippen MR) is 70.9 cm³/mol. The van der Waals surface area contributed by atoms with Gasteiger partial charge in [0.25, 0.3) is 5.91 Å². The molecule has 19 heavy (non-hydrogen) atoms. The molecule has 100 valence electrons. The molecule has 1 aromatic rings. The molecule has 0 unspecified atom stereocenters. The highest BCUT2D eigenvalue weighted by atomic mass is 16.5. The van der Waals surface area contributed by atoms with Crippen molar-refractivity contribution in [1.82, 2.24) is 0 Å². The molecule has 1 heterocycles. The Morgan fingerprint density at radius 1 is 1.42 bits per heavy atom. The molecule has 0 bridgehead atoms. The molecule has 2 amide bonds. The van der Waals surface area contributed by atoms with Crippen molar-refractivity contribution in [3.63, 3.8) is 0 Å². The second-order valence-corrected chi connectivity index (χ2v) is 4.34.